The van der Waals surface area contributed by atoms with Gasteiger partial charge in [-0.2, -0.15) is 13.2 Å². The van der Waals surface area contributed by atoms with E-state index in [-0.39, 0.29) is 11.1 Å². The van der Waals surface area contributed by atoms with Gasteiger partial charge in [-0.05, 0) is 48.4 Å². The lowest BCUT2D eigenvalue weighted by Gasteiger charge is -2.26. The van der Waals surface area contributed by atoms with Crippen molar-refractivity contribution in [3.05, 3.63) is 94.5 Å². The van der Waals surface area contributed by atoms with E-state index in [2.05, 4.69) is 31.3 Å². The van der Waals surface area contributed by atoms with Gasteiger partial charge >= 0.3 is 6.18 Å². The molecule has 1 amide bonds. The maximum Gasteiger partial charge on any atom is 0.417 e. The van der Waals surface area contributed by atoms with E-state index < -0.39 is 28.8 Å². The molecule has 0 aliphatic carbocycles. The van der Waals surface area contributed by atoms with Crippen molar-refractivity contribution in [1.29, 1.82) is 0 Å². The lowest BCUT2D eigenvalue weighted by Crippen LogP contribution is -2.30. The molecule has 0 saturated heterocycles. The van der Waals surface area contributed by atoms with Gasteiger partial charge in [0.05, 0.1) is 10.6 Å². The van der Waals surface area contributed by atoms with E-state index in [0.717, 1.165) is 17.7 Å². The third-order valence-corrected chi connectivity index (χ3v) is 5.62. The van der Waals surface area contributed by atoms with Crippen LogP contribution in [0.5, 0.6) is 5.75 Å². The second kappa shape index (κ2) is 9.25. The first kappa shape index (κ1) is 23.7. The van der Waals surface area contributed by atoms with Crippen molar-refractivity contribution >= 4 is 23.2 Å². The van der Waals surface area contributed by atoms with Crippen LogP contribution in [0.2, 0.25) is 5.02 Å². The van der Waals surface area contributed by atoms with Crippen molar-refractivity contribution in [3.63, 3.8) is 0 Å². The number of alkyl halides is 3. The molecular weight excluding hydrogens is 439 g/mol. The van der Waals surface area contributed by atoms with Gasteiger partial charge in [0.1, 0.15) is 5.75 Å². The number of carbonyl (C=O) groups excluding carboxylic acids is 1. The van der Waals surface area contributed by atoms with Gasteiger partial charge in [0.25, 0.3) is 5.91 Å². The third-order valence-electron chi connectivity index (χ3n) is 5.29. The number of hydrogen-bond acceptors (Lipinski definition) is 2. The van der Waals surface area contributed by atoms with Crippen molar-refractivity contribution in [1.82, 2.24) is 0 Å². The van der Waals surface area contributed by atoms with Crippen LogP contribution in [0.15, 0.2) is 72.8 Å². The number of anilines is 1. The first-order valence-corrected chi connectivity index (χ1v) is 10.4. The molecule has 7 heteroatoms. The van der Waals surface area contributed by atoms with Crippen molar-refractivity contribution < 1.29 is 22.7 Å². The maximum atomic E-state index is 13.0. The summed E-state index contributed by atoms with van der Waals surface area (Å²) in [5.74, 6) is -0.0958. The van der Waals surface area contributed by atoms with Gasteiger partial charge in [-0.25, -0.2) is 0 Å². The van der Waals surface area contributed by atoms with E-state index in [1.165, 1.54) is 18.6 Å². The van der Waals surface area contributed by atoms with Crippen molar-refractivity contribution in [3.8, 4) is 5.75 Å². The van der Waals surface area contributed by atoms with E-state index >= 15 is 0 Å². The van der Waals surface area contributed by atoms with Crippen LogP contribution in [-0.2, 0) is 16.4 Å². The summed E-state index contributed by atoms with van der Waals surface area (Å²) in [5, 5.41) is 2.00. The van der Waals surface area contributed by atoms with E-state index in [4.69, 9.17) is 16.3 Å². The highest BCUT2D eigenvalue weighted by Gasteiger charge is 2.33. The minimum absolute atomic E-state index is 0.0119. The van der Waals surface area contributed by atoms with Gasteiger partial charge in [0.2, 0.25) is 0 Å². The monoisotopic (exact) mass is 461 g/mol. The van der Waals surface area contributed by atoms with Crippen LogP contribution >= 0.6 is 11.6 Å². The molecule has 32 heavy (non-hydrogen) atoms. The number of rotatable bonds is 6. The van der Waals surface area contributed by atoms with Crippen LogP contribution in [0.25, 0.3) is 0 Å². The number of hydrogen-bond donors (Lipinski definition) is 1. The second-order valence-corrected chi connectivity index (χ2v) is 8.36. The molecule has 0 fully saturated rings. The Morgan fingerprint density at radius 2 is 1.53 bits per heavy atom. The molecule has 0 saturated carbocycles. The summed E-state index contributed by atoms with van der Waals surface area (Å²) in [5.41, 5.74) is 1.01. The lowest BCUT2D eigenvalue weighted by molar-refractivity contribution is -0.137. The predicted octanol–water partition coefficient (Wildman–Crippen LogP) is 7.09. The van der Waals surface area contributed by atoms with E-state index in [9.17, 15) is 18.0 Å². The molecule has 1 unspecified atom stereocenters. The second-order valence-electron chi connectivity index (χ2n) is 7.96. The molecule has 168 valence electrons. The normalized spacial score (nSPS) is 12.8. The average Bonchev–Trinajstić information content (AvgIpc) is 2.75. The number of nitrogens with one attached hydrogen (secondary N) is 1. The fraction of sp³-hybridized carbons (Fsp3) is 0.240. The highest BCUT2D eigenvalue weighted by atomic mass is 35.5. The topological polar surface area (TPSA) is 38.3 Å². The van der Waals surface area contributed by atoms with E-state index in [0.29, 0.717) is 5.75 Å². The van der Waals surface area contributed by atoms with Gasteiger partial charge in [-0.3, -0.25) is 4.79 Å². The molecular formula is C25H23ClF3NO2. The molecule has 1 N–H and O–H groups in total. The van der Waals surface area contributed by atoms with Crippen LogP contribution in [0, 0.1) is 0 Å². The average molecular weight is 462 g/mol. The Hall–Kier alpha value is -2.99. The lowest BCUT2D eigenvalue weighted by atomic mass is 9.78. The number of halogens is 4. The van der Waals surface area contributed by atoms with Gasteiger partial charge < -0.3 is 10.1 Å². The summed E-state index contributed by atoms with van der Waals surface area (Å²) in [7, 11) is 0. The van der Waals surface area contributed by atoms with Crippen molar-refractivity contribution in [2.75, 3.05) is 5.32 Å². The first-order chi connectivity index (χ1) is 15.0. The zero-order valence-electron chi connectivity index (χ0n) is 17.8. The van der Waals surface area contributed by atoms with Gasteiger partial charge in [-0.1, -0.05) is 67.9 Å². The zero-order chi connectivity index (χ0) is 23.5. The molecule has 0 aliphatic heterocycles. The maximum absolute atomic E-state index is 13.0. The number of ether oxygens (including phenoxy) is 1. The van der Waals surface area contributed by atoms with E-state index in [1.807, 2.05) is 30.3 Å². The molecule has 0 heterocycles. The molecule has 0 bridgehead atoms. The van der Waals surface area contributed by atoms with Gasteiger partial charge in [-0.15, -0.1) is 0 Å². The summed E-state index contributed by atoms with van der Waals surface area (Å²) in [6, 6.07) is 20.7. The molecule has 1 atom stereocenters. The van der Waals surface area contributed by atoms with Crippen LogP contribution in [0.3, 0.4) is 0 Å². The largest absolute Gasteiger partial charge is 0.481 e. The fourth-order valence-electron chi connectivity index (χ4n) is 3.29. The van der Waals surface area contributed by atoms with Crippen LogP contribution < -0.4 is 10.1 Å². The van der Waals surface area contributed by atoms with E-state index in [1.54, 1.807) is 12.1 Å². The molecule has 0 radical (unpaired) electrons. The minimum atomic E-state index is -4.62. The molecule has 0 aromatic heterocycles. The molecule has 3 rings (SSSR count). The number of benzene rings is 3. The third kappa shape index (κ3) is 5.43. The summed E-state index contributed by atoms with van der Waals surface area (Å²) in [6.45, 7) is 5.77. The smallest absolute Gasteiger partial charge is 0.417 e. The Balaban J connectivity index is 1.67. The Kier molecular flexibility index (Phi) is 6.84. The Morgan fingerprint density at radius 1 is 0.938 bits per heavy atom. The summed E-state index contributed by atoms with van der Waals surface area (Å²) in [6.07, 6.45) is -5.54. The number of carbonyl (C=O) groups is 1. The van der Waals surface area contributed by atoms with Gasteiger partial charge in [0, 0.05) is 11.1 Å². The molecule has 3 aromatic carbocycles. The molecule has 0 aliphatic rings. The molecule has 3 nitrogen and oxygen atoms in total. The Bertz CT molecular complexity index is 1080. The fourth-order valence-corrected chi connectivity index (χ4v) is 3.52. The highest BCUT2D eigenvalue weighted by Crippen LogP contribution is 2.36. The first-order valence-electron chi connectivity index (χ1n) is 9.99. The molecule has 0 spiro atoms. The van der Waals surface area contributed by atoms with Crippen molar-refractivity contribution in [2.45, 2.75) is 38.5 Å². The zero-order valence-corrected chi connectivity index (χ0v) is 18.6. The van der Waals surface area contributed by atoms with Gasteiger partial charge in [0.15, 0.2) is 6.10 Å². The van der Waals surface area contributed by atoms with Crippen LogP contribution in [0.1, 0.15) is 37.5 Å². The van der Waals surface area contributed by atoms with Crippen LogP contribution in [-0.4, -0.2) is 12.0 Å². The van der Waals surface area contributed by atoms with Crippen LogP contribution in [0.4, 0.5) is 18.9 Å². The quantitative estimate of drug-likeness (QED) is 0.425. The highest BCUT2D eigenvalue weighted by molar-refractivity contribution is 6.31. The van der Waals surface area contributed by atoms with Crippen molar-refractivity contribution in [2.24, 2.45) is 0 Å². The Labute approximate surface area is 190 Å². The SMILES string of the molecule is CC(Oc1ccc(C(C)(C)c2ccccc2)cc1)C(=O)Nc1ccc(Cl)c(C(F)(F)F)c1. The number of amides is 1. The minimum Gasteiger partial charge on any atom is -0.481 e. The predicted molar refractivity (Wildman–Crippen MR) is 120 cm³/mol. The summed E-state index contributed by atoms with van der Waals surface area (Å²) < 4.78 is 44.7. The summed E-state index contributed by atoms with van der Waals surface area (Å²) in [4.78, 5) is 12.4. The standard InChI is InChI=1S/C25H23ClF3NO2/c1-16(23(31)30-19-11-14-22(26)21(15-19)25(27,28)29)32-20-12-9-18(10-13-20)24(2,3)17-7-5-4-6-8-17/h4-16H,1-3H3,(H,30,31). The molecule has 3 aromatic rings. The summed E-state index contributed by atoms with van der Waals surface area (Å²) >= 11 is 5.61. The Morgan fingerprint density at radius 3 is 2.12 bits per heavy atom.